The van der Waals surface area contributed by atoms with Gasteiger partial charge in [-0.3, -0.25) is 0 Å². The molecule has 0 aromatic heterocycles. The highest BCUT2D eigenvalue weighted by Gasteiger charge is 2.23. The number of benzene rings is 2. The summed E-state index contributed by atoms with van der Waals surface area (Å²) in [6.45, 7) is 1.10. The molecule has 1 aliphatic rings. The number of allylic oxidation sites excluding steroid dienone is 2. The highest BCUT2D eigenvalue weighted by molar-refractivity contribution is 5.74. The van der Waals surface area contributed by atoms with Crippen LogP contribution in [-0.2, 0) is 0 Å². The summed E-state index contributed by atoms with van der Waals surface area (Å²) in [7, 11) is 6.11. The van der Waals surface area contributed by atoms with Crippen molar-refractivity contribution in [3.05, 3.63) is 77.1 Å². The molecule has 1 N–H and O–H groups in total. The van der Waals surface area contributed by atoms with Crippen LogP contribution in [-0.4, -0.2) is 27.7 Å². The molecule has 0 fully saturated rings. The molecule has 0 saturated carbocycles. The Morgan fingerprint density at radius 3 is 2.62 bits per heavy atom. The van der Waals surface area contributed by atoms with Gasteiger partial charge in [-0.25, -0.2) is 4.39 Å². The number of methoxy groups -OCH3 is 1. The molecule has 2 aromatic rings. The van der Waals surface area contributed by atoms with E-state index in [1.807, 2.05) is 24.3 Å². The Bertz CT molecular complexity index is 805. The summed E-state index contributed by atoms with van der Waals surface area (Å²) in [5, 5.41) is 0. The van der Waals surface area contributed by atoms with Gasteiger partial charge in [0.1, 0.15) is 11.6 Å². The zero-order valence-electron chi connectivity index (χ0n) is 15.8. The van der Waals surface area contributed by atoms with Crippen molar-refractivity contribution >= 4 is 11.6 Å². The first-order valence-electron chi connectivity index (χ1n) is 9.16. The second-order valence-electron chi connectivity index (χ2n) is 7.25. The average Bonchev–Trinajstić information content (AvgIpc) is 2.64. The molecule has 0 heterocycles. The van der Waals surface area contributed by atoms with Crippen LogP contribution < -0.4 is 9.64 Å². The predicted molar refractivity (Wildman–Crippen MR) is 106 cm³/mol. The SMILES string of the molecule is COc1cccc(C2=C/C(=C/c3ccc(F)cc3)CCC2C[NH+](C)C)c1. The first-order valence-corrected chi connectivity index (χ1v) is 9.16. The van der Waals surface area contributed by atoms with E-state index in [9.17, 15) is 4.39 Å². The Hall–Kier alpha value is -2.39. The first kappa shape index (κ1) is 18.4. The summed E-state index contributed by atoms with van der Waals surface area (Å²) >= 11 is 0. The van der Waals surface area contributed by atoms with Gasteiger partial charge in [-0.05, 0) is 59.4 Å². The lowest BCUT2D eigenvalue weighted by Gasteiger charge is -2.27. The molecule has 2 nitrogen and oxygen atoms in total. The second kappa shape index (κ2) is 8.33. The number of hydrogen-bond acceptors (Lipinski definition) is 1. The van der Waals surface area contributed by atoms with Crippen molar-refractivity contribution < 1.29 is 14.0 Å². The number of ether oxygens (including phenoxy) is 1. The van der Waals surface area contributed by atoms with Crippen LogP contribution in [0.25, 0.3) is 11.6 Å². The van der Waals surface area contributed by atoms with Gasteiger partial charge in [-0.15, -0.1) is 0 Å². The van der Waals surface area contributed by atoms with Crippen molar-refractivity contribution in [1.29, 1.82) is 0 Å². The van der Waals surface area contributed by atoms with E-state index in [2.05, 4.69) is 38.4 Å². The van der Waals surface area contributed by atoms with Crippen LogP contribution in [0.3, 0.4) is 0 Å². The van der Waals surface area contributed by atoms with Crippen molar-refractivity contribution in [2.75, 3.05) is 27.7 Å². The third kappa shape index (κ3) is 4.61. The van der Waals surface area contributed by atoms with Gasteiger partial charge in [-0.1, -0.05) is 36.4 Å². The maximum Gasteiger partial charge on any atom is 0.123 e. The van der Waals surface area contributed by atoms with Gasteiger partial charge < -0.3 is 9.64 Å². The summed E-state index contributed by atoms with van der Waals surface area (Å²) in [6, 6.07) is 15.0. The van der Waals surface area contributed by atoms with Crippen molar-refractivity contribution in [2.45, 2.75) is 12.8 Å². The normalized spacial score (nSPS) is 18.9. The summed E-state index contributed by atoms with van der Waals surface area (Å²) in [6.07, 6.45) is 6.65. The average molecular weight is 352 g/mol. The lowest BCUT2D eigenvalue weighted by Crippen LogP contribution is -3.06. The third-order valence-electron chi connectivity index (χ3n) is 4.84. The minimum absolute atomic E-state index is 0.197. The van der Waals surface area contributed by atoms with Gasteiger partial charge in [0, 0.05) is 5.92 Å². The third-order valence-corrected chi connectivity index (χ3v) is 4.84. The fourth-order valence-corrected chi connectivity index (χ4v) is 3.60. The highest BCUT2D eigenvalue weighted by atomic mass is 19.1. The van der Waals surface area contributed by atoms with Crippen LogP contribution in [0, 0.1) is 11.7 Å². The van der Waals surface area contributed by atoms with E-state index < -0.39 is 0 Å². The monoisotopic (exact) mass is 352 g/mol. The Balaban J connectivity index is 1.97. The number of hydrogen-bond donors (Lipinski definition) is 1. The first-order chi connectivity index (χ1) is 12.5. The van der Waals surface area contributed by atoms with E-state index in [1.54, 1.807) is 7.11 Å². The van der Waals surface area contributed by atoms with Gasteiger partial charge in [0.2, 0.25) is 0 Å². The summed E-state index contributed by atoms with van der Waals surface area (Å²) < 4.78 is 18.6. The Morgan fingerprint density at radius 2 is 1.92 bits per heavy atom. The summed E-state index contributed by atoms with van der Waals surface area (Å²) in [5.74, 6) is 1.21. The van der Waals surface area contributed by atoms with Gasteiger partial charge >= 0.3 is 0 Å². The van der Waals surface area contributed by atoms with Gasteiger partial charge in [0.15, 0.2) is 0 Å². The molecule has 26 heavy (non-hydrogen) atoms. The second-order valence-corrected chi connectivity index (χ2v) is 7.25. The van der Waals surface area contributed by atoms with E-state index >= 15 is 0 Å². The van der Waals surface area contributed by atoms with E-state index in [0.717, 1.165) is 30.7 Å². The molecule has 1 atom stereocenters. The quantitative estimate of drug-likeness (QED) is 0.863. The van der Waals surface area contributed by atoms with E-state index in [1.165, 1.54) is 33.7 Å². The predicted octanol–water partition coefficient (Wildman–Crippen LogP) is 3.86. The molecule has 0 saturated heterocycles. The molecule has 0 aliphatic heterocycles. The summed E-state index contributed by atoms with van der Waals surface area (Å²) in [4.78, 5) is 1.45. The maximum absolute atomic E-state index is 13.1. The molecule has 0 amide bonds. The van der Waals surface area contributed by atoms with Crippen LogP contribution in [0.15, 0.2) is 60.2 Å². The minimum atomic E-state index is -0.197. The van der Waals surface area contributed by atoms with Crippen LogP contribution in [0.4, 0.5) is 4.39 Å². The Morgan fingerprint density at radius 1 is 1.15 bits per heavy atom. The van der Waals surface area contributed by atoms with Gasteiger partial charge in [-0.2, -0.15) is 0 Å². The highest BCUT2D eigenvalue weighted by Crippen LogP contribution is 2.36. The Labute approximate surface area is 155 Å². The van der Waals surface area contributed by atoms with Crippen LogP contribution in [0.5, 0.6) is 5.75 Å². The lowest BCUT2D eigenvalue weighted by molar-refractivity contribution is -0.861. The molecule has 0 spiro atoms. The van der Waals surface area contributed by atoms with E-state index in [4.69, 9.17) is 4.74 Å². The molecule has 3 heteroatoms. The topological polar surface area (TPSA) is 13.7 Å². The van der Waals surface area contributed by atoms with E-state index in [-0.39, 0.29) is 5.82 Å². The van der Waals surface area contributed by atoms with Crippen molar-refractivity contribution in [3.63, 3.8) is 0 Å². The molecule has 1 unspecified atom stereocenters. The number of quaternary nitrogens is 1. The molecule has 0 radical (unpaired) electrons. The van der Waals surface area contributed by atoms with Crippen LogP contribution in [0.1, 0.15) is 24.0 Å². The largest absolute Gasteiger partial charge is 0.497 e. The molecular weight excluding hydrogens is 325 g/mol. The minimum Gasteiger partial charge on any atom is -0.497 e. The molecule has 136 valence electrons. The molecule has 0 bridgehead atoms. The van der Waals surface area contributed by atoms with E-state index in [0.29, 0.717) is 5.92 Å². The molecule has 1 aliphatic carbocycles. The Kier molecular flexibility index (Phi) is 5.89. The standard InChI is InChI=1S/C23H26FNO/c1-25(2)16-20-10-7-18(13-17-8-11-21(24)12-9-17)14-23(20)19-5-4-6-22(15-19)26-3/h4-6,8-9,11-15,20H,7,10,16H2,1-3H3/p+1/b18-13+. The van der Waals surface area contributed by atoms with Gasteiger partial charge in [0.25, 0.3) is 0 Å². The van der Waals surface area contributed by atoms with Crippen LogP contribution in [0.2, 0.25) is 0 Å². The fourth-order valence-electron chi connectivity index (χ4n) is 3.60. The summed E-state index contributed by atoms with van der Waals surface area (Å²) in [5.41, 5.74) is 4.92. The van der Waals surface area contributed by atoms with Crippen molar-refractivity contribution in [2.24, 2.45) is 5.92 Å². The number of nitrogens with one attached hydrogen (secondary N) is 1. The van der Waals surface area contributed by atoms with Crippen LogP contribution >= 0.6 is 0 Å². The van der Waals surface area contributed by atoms with Gasteiger partial charge in [0.05, 0.1) is 27.7 Å². The number of halogens is 1. The zero-order chi connectivity index (χ0) is 18.5. The fraction of sp³-hybridized carbons (Fsp3) is 0.304. The molecule has 2 aromatic carbocycles. The number of rotatable bonds is 5. The smallest absolute Gasteiger partial charge is 0.123 e. The zero-order valence-corrected chi connectivity index (χ0v) is 15.8. The maximum atomic E-state index is 13.1. The molecular formula is C23H27FNO+. The van der Waals surface area contributed by atoms with Crippen molar-refractivity contribution in [3.8, 4) is 5.75 Å². The van der Waals surface area contributed by atoms with Crippen molar-refractivity contribution in [1.82, 2.24) is 0 Å². The lowest BCUT2D eigenvalue weighted by atomic mass is 9.81. The molecule has 3 rings (SSSR count).